The van der Waals surface area contributed by atoms with Crippen molar-refractivity contribution in [3.8, 4) is 0 Å². The van der Waals surface area contributed by atoms with Gasteiger partial charge >= 0.3 is 0 Å². The molecule has 0 saturated carbocycles. The molecule has 98 valence electrons. The predicted octanol–water partition coefficient (Wildman–Crippen LogP) is 3.56. The Morgan fingerprint density at radius 2 is 1.79 bits per heavy atom. The van der Waals surface area contributed by atoms with E-state index in [0.717, 1.165) is 4.47 Å². The van der Waals surface area contributed by atoms with Crippen molar-refractivity contribution in [1.82, 2.24) is 5.32 Å². The first-order valence-corrected chi connectivity index (χ1v) is 6.74. The number of carbonyl (C=O) groups excluding carboxylic acids is 1. The normalized spacial score (nSPS) is 10.2. The zero-order valence-corrected chi connectivity index (χ0v) is 11.8. The molecule has 2 aromatic carbocycles. The molecule has 0 radical (unpaired) electrons. The lowest BCUT2D eigenvalue weighted by Gasteiger charge is -2.07. The molecule has 2 rings (SSSR count). The summed E-state index contributed by atoms with van der Waals surface area (Å²) in [6.07, 6.45) is 0.475. The van der Waals surface area contributed by atoms with Crippen LogP contribution in [0.3, 0.4) is 0 Å². The van der Waals surface area contributed by atoms with Crippen LogP contribution in [0.15, 0.2) is 53.0 Å². The Labute approximate surface area is 119 Å². The first kappa shape index (κ1) is 13.7. The van der Waals surface area contributed by atoms with Crippen molar-refractivity contribution in [2.24, 2.45) is 0 Å². The van der Waals surface area contributed by atoms with E-state index in [1.54, 1.807) is 30.3 Å². The molecule has 4 heteroatoms. The molecule has 0 aliphatic carbocycles. The van der Waals surface area contributed by atoms with Gasteiger partial charge < -0.3 is 5.32 Å². The molecule has 2 nitrogen and oxygen atoms in total. The van der Waals surface area contributed by atoms with Crippen molar-refractivity contribution in [2.45, 2.75) is 6.42 Å². The minimum atomic E-state index is -0.238. The monoisotopic (exact) mass is 321 g/mol. The fourth-order valence-electron chi connectivity index (χ4n) is 1.75. The second-order valence-corrected chi connectivity index (χ2v) is 4.93. The van der Waals surface area contributed by atoms with Gasteiger partial charge in [0.1, 0.15) is 5.82 Å². The van der Waals surface area contributed by atoms with Crippen molar-refractivity contribution in [3.05, 3.63) is 69.9 Å². The van der Waals surface area contributed by atoms with Gasteiger partial charge in [-0.1, -0.05) is 30.3 Å². The molecule has 1 N–H and O–H groups in total. The molecule has 0 heterocycles. The topological polar surface area (TPSA) is 29.1 Å². The summed E-state index contributed by atoms with van der Waals surface area (Å²) in [7, 11) is 0. The van der Waals surface area contributed by atoms with Gasteiger partial charge in [-0.05, 0) is 46.1 Å². The summed E-state index contributed by atoms with van der Waals surface area (Å²) in [5.74, 6) is -0.401. The van der Waals surface area contributed by atoms with Crippen LogP contribution in [0.25, 0.3) is 0 Å². The van der Waals surface area contributed by atoms with E-state index in [0.29, 0.717) is 24.1 Å². The number of amides is 1. The summed E-state index contributed by atoms with van der Waals surface area (Å²) in [5.41, 5.74) is 1.19. The van der Waals surface area contributed by atoms with Crippen molar-refractivity contribution in [1.29, 1.82) is 0 Å². The van der Waals surface area contributed by atoms with E-state index in [2.05, 4.69) is 21.2 Å². The summed E-state index contributed by atoms with van der Waals surface area (Å²) in [6.45, 7) is 0.404. The van der Waals surface area contributed by atoms with Crippen LogP contribution in [-0.2, 0) is 6.42 Å². The minimum absolute atomic E-state index is 0.163. The van der Waals surface area contributed by atoms with Crippen molar-refractivity contribution in [2.75, 3.05) is 6.54 Å². The van der Waals surface area contributed by atoms with Crippen LogP contribution in [0, 0.1) is 5.82 Å². The molecule has 0 aromatic heterocycles. The molecule has 0 atom stereocenters. The van der Waals surface area contributed by atoms with Gasteiger partial charge in [-0.25, -0.2) is 4.39 Å². The minimum Gasteiger partial charge on any atom is -0.352 e. The Kier molecular flexibility index (Phi) is 4.68. The van der Waals surface area contributed by atoms with Crippen LogP contribution in [-0.4, -0.2) is 12.5 Å². The van der Waals surface area contributed by atoms with Gasteiger partial charge in [0.05, 0.1) is 5.56 Å². The Balaban J connectivity index is 1.92. The largest absolute Gasteiger partial charge is 0.352 e. The first-order valence-electron chi connectivity index (χ1n) is 5.94. The maximum Gasteiger partial charge on any atom is 0.252 e. The molecule has 0 aliphatic rings. The van der Waals surface area contributed by atoms with Crippen molar-refractivity contribution < 1.29 is 9.18 Å². The van der Waals surface area contributed by atoms with Gasteiger partial charge in [0.15, 0.2) is 0 Å². The quantitative estimate of drug-likeness (QED) is 0.916. The zero-order valence-electron chi connectivity index (χ0n) is 10.2. The van der Waals surface area contributed by atoms with Crippen LogP contribution in [0.4, 0.5) is 4.39 Å². The highest BCUT2D eigenvalue weighted by molar-refractivity contribution is 9.10. The van der Waals surface area contributed by atoms with Gasteiger partial charge in [0, 0.05) is 11.0 Å². The van der Waals surface area contributed by atoms with Gasteiger partial charge in [0.2, 0.25) is 0 Å². The van der Waals surface area contributed by atoms with E-state index in [-0.39, 0.29) is 11.7 Å². The number of carbonyl (C=O) groups is 1. The molecule has 0 bridgehead atoms. The number of benzene rings is 2. The maximum atomic E-state index is 13.4. The zero-order chi connectivity index (χ0) is 13.7. The van der Waals surface area contributed by atoms with Crippen LogP contribution >= 0.6 is 15.9 Å². The second-order valence-electron chi connectivity index (χ2n) is 4.08. The summed E-state index contributed by atoms with van der Waals surface area (Å²) in [5, 5.41) is 2.78. The van der Waals surface area contributed by atoms with E-state index in [9.17, 15) is 9.18 Å². The summed E-state index contributed by atoms with van der Waals surface area (Å²) >= 11 is 3.32. The average molecular weight is 322 g/mol. The predicted molar refractivity (Wildman–Crippen MR) is 76.6 cm³/mol. The molecule has 1 amide bonds. The standard InChI is InChI=1S/C15H13BrFNO/c16-13-7-3-2-6-12(13)15(19)18-10-9-11-5-1-4-8-14(11)17/h1-8H,9-10H2,(H,18,19). The molecular formula is C15H13BrFNO. The molecule has 0 fully saturated rings. The lowest BCUT2D eigenvalue weighted by molar-refractivity contribution is 0.0953. The SMILES string of the molecule is O=C(NCCc1ccccc1F)c1ccccc1Br. The highest BCUT2D eigenvalue weighted by Gasteiger charge is 2.08. The Morgan fingerprint density at radius 3 is 2.53 bits per heavy atom. The second kappa shape index (κ2) is 6.48. The molecular weight excluding hydrogens is 309 g/mol. The van der Waals surface area contributed by atoms with Crippen molar-refractivity contribution >= 4 is 21.8 Å². The molecule has 0 aliphatic heterocycles. The smallest absolute Gasteiger partial charge is 0.252 e. The van der Waals surface area contributed by atoms with E-state index < -0.39 is 0 Å². The Bertz CT molecular complexity index is 586. The van der Waals surface area contributed by atoms with Crippen LogP contribution < -0.4 is 5.32 Å². The number of rotatable bonds is 4. The van der Waals surface area contributed by atoms with Gasteiger partial charge in [-0.3, -0.25) is 4.79 Å². The lowest BCUT2D eigenvalue weighted by Crippen LogP contribution is -2.26. The molecule has 2 aromatic rings. The summed E-state index contributed by atoms with van der Waals surface area (Å²) < 4.78 is 14.1. The van der Waals surface area contributed by atoms with E-state index >= 15 is 0 Å². The third kappa shape index (κ3) is 3.64. The van der Waals surface area contributed by atoms with E-state index in [1.165, 1.54) is 6.07 Å². The van der Waals surface area contributed by atoms with Crippen molar-refractivity contribution in [3.63, 3.8) is 0 Å². The number of hydrogen-bond acceptors (Lipinski definition) is 1. The highest BCUT2D eigenvalue weighted by Crippen LogP contribution is 2.15. The molecule has 0 unspecified atom stereocenters. The summed E-state index contributed by atoms with van der Waals surface area (Å²) in [4.78, 5) is 11.9. The number of hydrogen-bond donors (Lipinski definition) is 1. The van der Waals surface area contributed by atoms with Gasteiger partial charge in [0.25, 0.3) is 5.91 Å². The number of halogens is 2. The molecule has 0 spiro atoms. The fourth-order valence-corrected chi connectivity index (χ4v) is 2.22. The molecule has 0 saturated heterocycles. The third-order valence-corrected chi connectivity index (χ3v) is 3.45. The number of nitrogens with one attached hydrogen (secondary N) is 1. The lowest BCUT2D eigenvalue weighted by atomic mass is 10.1. The molecule has 19 heavy (non-hydrogen) atoms. The Morgan fingerprint density at radius 1 is 1.11 bits per heavy atom. The van der Waals surface area contributed by atoms with Gasteiger partial charge in [-0.15, -0.1) is 0 Å². The first-order chi connectivity index (χ1) is 9.18. The van der Waals surface area contributed by atoms with Crippen LogP contribution in [0.2, 0.25) is 0 Å². The van der Waals surface area contributed by atoms with Gasteiger partial charge in [-0.2, -0.15) is 0 Å². The maximum absolute atomic E-state index is 13.4. The highest BCUT2D eigenvalue weighted by atomic mass is 79.9. The average Bonchev–Trinajstić information content (AvgIpc) is 2.41. The fraction of sp³-hybridized carbons (Fsp3) is 0.133. The third-order valence-electron chi connectivity index (χ3n) is 2.76. The van der Waals surface area contributed by atoms with Crippen LogP contribution in [0.1, 0.15) is 15.9 Å². The summed E-state index contributed by atoms with van der Waals surface area (Å²) in [6, 6.07) is 13.8. The van der Waals surface area contributed by atoms with E-state index in [4.69, 9.17) is 0 Å². The van der Waals surface area contributed by atoms with E-state index in [1.807, 2.05) is 12.1 Å². The van der Waals surface area contributed by atoms with Crippen LogP contribution in [0.5, 0.6) is 0 Å². The Hall–Kier alpha value is -1.68.